The number of fused-ring (bicyclic) bond motifs is 2. The molecule has 1 fully saturated rings. The highest BCUT2D eigenvalue weighted by Crippen LogP contribution is 2.32. The monoisotopic (exact) mass is 550 g/mol. The predicted molar refractivity (Wildman–Crippen MR) is 155 cm³/mol. The van der Waals surface area contributed by atoms with Crippen LogP contribution in [0, 0.1) is 0 Å². The zero-order chi connectivity index (χ0) is 28.6. The Bertz CT molecular complexity index is 1440. The number of aliphatic hydroxyl groups excluding tert-OH is 2. The van der Waals surface area contributed by atoms with Crippen LogP contribution in [0.5, 0.6) is 0 Å². The highest BCUT2D eigenvalue weighted by Gasteiger charge is 2.45. The van der Waals surface area contributed by atoms with E-state index in [1.54, 1.807) is 4.57 Å². The molecule has 0 spiro atoms. The molecule has 0 amide bonds. The molecule has 4 aromatic rings. The summed E-state index contributed by atoms with van der Waals surface area (Å²) in [6, 6.07) is 6.75. The molecule has 4 atom stereocenters. The van der Waals surface area contributed by atoms with Crippen LogP contribution in [-0.4, -0.2) is 82.0 Å². The normalized spacial score (nSPS) is 21.9. The minimum absolute atomic E-state index is 0.109. The van der Waals surface area contributed by atoms with Gasteiger partial charge in [0, 0.05) is 19.0 Å². The molecule has 11 heteroatoms. The molecule has 1 aliphatic rings. The minimum atomic E-state index is -1.11. The first-order valence-electron chi connectivity index (χ1n) is 14.2. The second-order valence-electron chi connectivity index (χ2n) is 12.2. The maximum Gasteiger partial charge on any atom is 0.167 e. The van der Waals surface area contributed by atoms with Gasteiger partial charge < -0.3 is 25.7 Å². The molecule has 1 aromatic carbocycles. The number of rotatable bonds is 10. The number of unbranched alkanes of at least 4 members (excludes halogenated alkanes) is 2. The van der Waals surface area contributed by atoms with Gasteiger partial charge in [-0.3, -0.25) is 9.47 Å². The second kappa shape index (κ2) is 11.4. The quantitative estimate of drug-likeness (QED) is 0.218. The SMILES string of the molecule is CC(C)N(CCCCCc1nc2ccc(C(C)(C)C)cc2[nH]1)C[C@H]1O[C@@H](n2cnc3c(N)ncnc32)[C@H](O)[C@@H]1O. The first kappa shape index (κ1) is 28.4. The third-order valence-corrected chi connectivity index (χ3v) is 7.90. The molecule has 4 heterocycles. The molecule has 0 unspecified atom stereocenters. The summed E-state index contributed by atoms with van der Waals surface area (Å²) in [6.07, 6.45) is 3.40. The topological polar surface area (TPSA) is 151 Å². The number of anilines is 1. The van der Waals surface area contributed by atoms with E-state index in [0.717, 1.165) is 49.1 Å². The Balaban J connectivity index is 1.14. The number of hydrogen-bond donors (Lipinski definition) is 4. The molecule has 3 aromatic heterocycles. The van der Waals surface area contributed by atoms with Crippen molar-refractivity contribution in [2.45, 2.75) is 96.3 Å². The Hall–Kier alpha value is -3.12. The van der Waals surface area contributed by atoms with Crippen molar-refractivity contribution in [3.63, 3.8) is 0 Å². The van der Waals surface area contributed by atoms with Crippen LogP contribution in [0.3, 0.4) is 0 Å². The van der Waals surface area contributed by atoms with Gasteiger partial charge >= 0.3 is 0 Å². The zero-order valence-corrected chi connectivity index (χ0v) is 24.1. The fourth-order valence-corrected chi connectivity index (χ4v) is 5.39. The minimum Gasteiger partial charge on any atom is -0.387 e. The van der Waals surface area contributed by atoms with E-state index in [2.05, 4.69) is 77.7 Å². The van der Waals surface area contributed by atoms with Gasteiger partial charge in [0.25, 0.3) is 0 Å². The van der Waals surface area contributed by atoms with E-state index in [1.165, 1.54) is 18.2 Å². The number of ether oxygens (including phenoxy) is 1. The number of H-pyrrole nitrogens is 1. The second-order valence-corrected chi connectivity index (χ2v) is 12.2. The van der Waals surface area contributed by atoms with Crippen molar-refractivity contribution < 1.29 is 14.9 Å². The molecule has 0 saturated carbocycles. The zero-order valence-electron chi connectivity index (χ0n) is 24.1. The lowest BCUT2D eigenvalue weighted by Gasteiger charge is -2.30. The van der Waals surface area contributed by atoms with Gasteiger partial charge in [0.2, 0.25) is 0 Å². The van der Waals surface area contributed by atoms with Gasteiger partial charge in [0.1, 0.15) is 36.0 Å². The predicted octanol–water partition coefficient (Wildman–Crippen LogP) is 3.32. The van der Waals surface area contributed by atoms with Crippen LogP contribution in [0.4, 0.5) is 5.82 Å². The Morgan fingerprint density at radius 2 is 1.90 bits per heavy atom. The van der Waals surface area contributed by atoms with Crippen molar-refractivity contribution in [1.82, 2.24) is 34.4 Å². The van der Waals surface area contributed by atoms with Gasteiger partial charge in [-0.05, 0) is 56.3 Å². The molecule has 1 aliphatic heterocycles. The largest absolute Gasteiger partial charge is 0.387 e. The Morgan fingerprint density at radius 1 is 1.10 bits per heavy atom. The number of nitrogens with zero attached hydrogens (tertiary/aromatic N) is 6. The lowest BCUT2D eigenvalue weighted by Crippen LogP contribution is -2.43. The molecule has 216 valence electrons. The molecular weight excluding hydrogens is 508 g/mol. The van der Waals surface area contributed by atoms with E-state index >= 15 is 0 Å². The standard InChI is InChI=1S/C29H42N8O3/c1-17(2)36(12-8-6-7-9-22-34-19-11-10-18(29(3,4)5)13-20(19)35-22)14-21-24(38)25(39)28(40-21)37-16-33-23-26(30)31-15-32-27(23)37/h10-11,13,15-17,21,24-25,28,38-39H,6-9,12,14H2,1-5H3,(H,34,35)(H2,30,31,32)/t21-,24-,25-,28-/m1/s1. The fourth-order valence-electron chi connectivity index (χ4n) is 5.39. The first-order chi connectivity index (χ1) is 19.0. The smallest absolute Gasteiger partial charge is 0.167 e. The van der Waals surface area contributed by atoms with Crippen LogP contribution < -0.4 is 5.73 Å². The molecule has 40 heavy (non-hydrogen) atoms. The Kier molecular flexibility index (Phi) is 8.10. The van der Waals surface area contributed by atoms with Gasteiger partial charge in [-0.25, -0.2) is 19.9 Å². The lowest BCUT2D eigenvalue weighted by molar-refractivity contribution is -0.0469. The first-order valence-corrected chi connectivity index (χ1v) is 14.2. The van der Waals surface area contributed by atoms with E-state index in [1.807, 2.05) is 0 Å². The average Bonchev–Trinajstić information content (AvgIpc) is 3.59. The van der Waals surface area contributed by atoms with Crippen LogP contribution in [0.15, 0.2) is 30.9 Å². The molecule has 11 nitrogen and oxygen atoms in total. The van der Waals surface area contributed by atoms with Crippen molar-refractivity contribution in [2.75, 3.05) is 18.8 Å². The van der Waals surface area contributed by atoms with Gasteiger partial charge in [-0.15, -0.1) is 0 Å². The van der Waals surface area contributed by atoms with Crippen LogP contribution in [0.25, 0.3) is 22.2 Å². The van der Waals surface area contributed by atoms with E-state index in [-0.39, 0.29) is 17.3 Å². The van der Waals surface area contributed by atoms with Crippen molar-refractivity contribution in [3.8, 4) is 0 Å². The maximum absolute atomic E-state index is 10.8. The Labute approximate surface area is 234 Å². The van der Waals surface area contributed by atoms with E-state index < -0.39 is 24.5 Å². The van der Waals surface area contributed by atoms with Gasteiger partial charge in [-0.1, -0.05) is 33.3 Å². The maximum atomic E-state index is 10.8. The molecule has 0 radical (unpaired) electrons. The molecular formula is C29H42N8O3. The summed E-state index contributed by atoms with van der Waals surface area (Å²) in [5, 5.41) is 21.7. The van der Waals surface area contributed by atoms with Crippen LogP contribution in [0.1, 0.15) is 71.5 Å². The van der Waals surface area contributed by atoms with Gasteiger partial charge in [0.15, 0.2) is 17.7 Å². The van der Waals surface area contributed by atoms with Crippen LogP contribution >= 0.6 is 0 Å². The number of aromatic amines is 1. The highest BCUT2D eigenvalue weighted by molar-refractivity contribution is 5.81. The highest BCUT2D eigenvalue weighted by atomic mass is 16.6. The van der Waals surface area contributed by atoms with Crippen LogP contribution in [0.2, 0.25) is 0 Å². The van der Waals surface area contributed by atoms with Crippen molar-refractivity contribution in [3.05, 3.63) is 42.2 Å². The lowest BCUT2D eigenvalue weighted by atomic mass is 9.87. The third kappa shape index (κ3) is 5.83. The number of benzene rings is 1. The summed E-state index contributed by atoms with van der Waals surface area (Å²) in [4.78, 5) is 23.0. The Morgan fingerprint density at radius 3 is 2.65 bits per heavy atom. The van der Waals surface area contributed by atoms with Crippen molar-refractivity contribution >= 4 is 28.0 Å². The molecule has 1 saturated heterocycles. The number of hydrogen-bond acceptors (Lipinski definition) is 9. The third-order valence-electron chi connectivity index (χ3n) is 7.90. The number of nitrogens with one attached hydrogen (secondary N) is 1. The number of imidazole rings is 2. The average molecular weight is 551 g/mol. The van der Waals surface area contributed by atoms with Crippen molar-refractivity contribution in [1.29, 1.82) is 0 Å². The summed E-state index contributed by atoms with van der Waals surface area (Å²) >= 11 is 0. The van der Waals surface area contributed by atoms with E-state index in [4.69, 9.17) is 15.5 Å². The van der Waals surface area contributed by atoms with Crippen molar-refractivity contribution in [2.24, 2.45) is 0 Å². The molecule has 5 N–H and O–H groups in total. The number of aryl methyl sites for hydroxylation is 1. The molecule has 0 bridgehead atoms. The van der Waals surface area contributed by atoms with Gasteiger partial charge in [-0.2, -0.15) is 0 Å². The van der Waals surface area contributed by atoms with E-state index in [0.29, 0.717) is 17.7 Å². The number of nitrogens with two attached hydrogens (primary N) is 1. The van der Waals surface area contributed by atoms with Crippen LogP contribution in [-0.2, 0) is 16.6 Å². The molecule has 5 rings (SSSR count). The number of nitrogen functional groups attached to an aromatic ring is 1. The number of aromatic nitrogens is 6. The summed E-state index contributed by atoms with van der Waals surface area (Å²) < 4.78 is 7.78. The molecule has 0 aliphatic carbocycles. The number of aliphatic hydroxyl groups is 2. The van der Waals surface area contributed by atoms with E-state index in [9.17, 15) is 10.2 Å². The summed E-state index contributed by atoms with van der Waals surface area (Å²) in [6.45, 7) is 12.3. The fraction of sp³-hybridized carbons (Fsp3) is 0.586. The summed E-state index contributed by atoms with van der Waals surface area (Å²) in [5.41, 5.74) is 10.3. The summed E-state index contributed by atoms with van der Waals surface area (Å²) in [5.74, 6) is 1.29. The summed E-state index contributed by atoms with van der Waals surface area (Å²) in [7, 11) is 0. The van der Waals surface area contributed by atoms with Gasteiger partial charge in [0.05, 0.1) is 17.4 Å².